The van der Waals surface area contributed by atoms with E-state index in [-0.39, 0.29) is 18.0 Å². The number of benzene rings is 1. The minimum Gasteiger partial charge on any atom is -0.394 e. The van der Waals surface area contributed by atoms with Crippen LogP contribution in [0.4, 0.5) is 5.69 Å². The molecule has 1 aromatic carbocycles. The Morgan fingerprint density at radius 2 is 1.80 bits per heavy atom. The van der Waals surface area contributed by atoms with Crippen molar-refractivity contribution in [1.82, 2.24) is 4.31 Å². The molecule has 0 fully saturated rings. The Labute approximate surface area is 155 Å². The minimum absolute atomic E-state index is 0.0785. The number of anilines is 1. The van der Waals surface area contributed by atoms with E-state index in [9.17, 15) is 13.5 Å². The summed E-state index contributed by atoms with van der Waals surface area (Å²) in [6, 6.07) is 4.50. The van der Waals surface area contributed by atoms with Crippen molar-refractivity contribution in [1.29, 1.82) is 0 Å². The lowest BCUT2D eigenvalue weighted by Crippen LogP contribution is -2.33. The van der Waals surface area contributed by atoms with Crippen molar-refractivity contribution < 1.29 is 18.6 Å². The molecule has 25 heavy (non-hydrogen) atoms. The van der Waals surface area contributed by atoms with Crippen LogP contribution in [0, 0.1) is 0 Å². The van der Waals surface area contributed by atoms with Gasteiger partial charge >= 0.3 is 0 Å². The second kappa shape index (κ2) is 11.0. The molecule has 0 radical (unpaired) electrons. The lowest BCUT2D eigenvalue weighted by atomic mass is 10.3. The highest BCUT2D eigenvalue weighted by Gasteiger charge is 2.24. The van der Waals surface area contributed by atoms with Crippen molar-refractivity contribution in [3.05, 3.63) is 23.2 Å². The predicted octanol–water partition coefficient (Wildman–Crippen LogP) is 2.70. The molecule has 1 atom stereocenters. The van der Waals surface area contributed by atoms with E-state index in [2.05, 4.69) is 5.32 Å². The number of hydrogen-bond donors (Lipinski definition) is 3. The molecule has 1 aromatic rings. The molecule has 0 spiro atoms. The van der Waals surface area contributed by atoms with Crippen molar-refractivity contribution in [3.63, 3.8) is 0 Å². The van der Waals surface area contributed by atoms with Crippen LogP contribution in [0.2, 0.25) is 5.02 Å². The number of hydrogen-bond acceptors (Lipinski definition) is 5. The third kappa shape index (κ3) is 6.75. The van der Waals surface area contributed by atoms with E-state index in [0.29, 0.717) is 23.8 Å². The van der Waals surface area contributed by atoms with Gasteiger partial charge in [0.05, 0.1) is 28.3 Å². The Morgan fingerprint density at radius 3 is 2.32 bits per heavy atom. The molecule has 0 saturated heterocycles. The molecule has 144 valence electrons. The van der Waals surface area contributed by atoms with Gasteiger partial charge in [0, 0.05) is 19.6 Å². The first-order chi connectivity index (χ1) is 11.9. The molecular weight excluding hydrogens is 364 g/mol. The molecule has 0 bridgehead atoms. The van der Waals surface area contributed by atoms with Gasteiger partial charge in [-0.05, 0) is 31.0 Å². The van der Waals surface area contributed by atoms with E-state index >= 15 is 0 Å². The summed E-state index contributed by atoms with van der Waals surface area (Å²) in [4.78, 5) is 0.171. The van der Waals surface area contributed by atoms with Gasteiger partial charge in [-0.25, -0.2) is 8.42 Å². The lowest BCUT2D eigenvalue weighted by Gasteiger charge is -2.22. The maximum atomic E-state index is 13.0. The van der Waals surface area contributed by atoms with Crippen molar-refractivity contribution >= 4 is 27.3 Å². The monoisotopic (exact) mass is 392 g/mol. The van der Waals surface area contributed by atoms with Gasteiger partial charge in [-0.2, -0.15) is 4.31 Å². The second-order valence-electron chi connectivity index (χ2n) is 5.97. The van der Waals surface area contributed by atoms with Gasteiger partial charge in [0.25, 0.3) is 0 Å². The van der Waals surface area contributed by atoms with E-state index < -0.39 is 16.1 Å². The predicted molar refractivity (Wildman–Crippen MR) is 102 cm³/mol. The van der Waals surface area contributed by atoms with Gasteiger partial charge in [-0.1, -0.05) is 38.3 Å². The fourth-order valence-electron chi connectivity index (χ4n) is 2.26. The average Bonchev–Trinajstić information content (AvgIpc) is 2.60. The van der Waals surface area contributed by atoms with E-state index in [0.717, 1.165) is 25.7 Å². The number of nitrogens with zero attached hydrogens (tertiary/aromatic N) is 1. The molecule has 1 rings (SSSR count). The number of nitrogens with one attached hydrogen (secondary N) is 1. The summed E-state index contributed by atoms with van der Waals surface area (Å²) in [5.41, 5.74) is 0.418. The molecule has 0 aliphatic heterocycles. The third-order valence-electron chi connectivity index (χ3n) is 3.84. The van der Waals surface area contributed by atoms with Gasteiger partial charge in [0.2, 0.25) is 10.0 Å². The number of aliphatic hydroxyl groups is 2. The molecule has 0 amide bonds. The van der Waals surface area contributed by atoms with Crippen molar-refractivity contribution in [2.45, 2.75) is 50.5 Å². The van der Waals surface area contributed by atoms with Crippen LogP contribution in [0.5, 0.6) is 0 Å². The summed E-state index contributed by atoms with van der Waals surface area (Å²) in [5.74, 6) is 0. The molecule has 1 unspecified atom stereocenters. The largest absolute Gasteiger partial charge is 0.394 e. The number of sulfonamides is 1. The van der Waals surface area contributed by atoms with Crippen molar-refractivity contribution in [3.8, 4) is 0 Å². The SMILES string of the molecule is CCCCN(CCCC)S(=O)(=O)c1ccc(Cl)c(NCC(O)CO)c1. The summed E-state index contributed by atoms with van der Waals surface area (Å²) < 4.78 is 27.5. The number of unbranched alkanes of at least 4 members (excludes halogenated alkanes) is 2. The van der Waals surface area contributed by atoms with Gasteiger partial charge in [0.15, 0.2) is 0 Å². The Balaban J connectivity index is 3.05. The number of halogens is 1. The van der Waals surface area contributed by atoms with Crippen LogP contribution in [-0.4, -0.2) is 55.3 Å². The first-order valence-electron chi connectivity index (χ1n) is 8.69. The van der Waals surface area contributed by atoms with E-state index in [1.165, 1.54) is 22.5 Å². The quantitative estimate of drug-likeness (QED) is 0.508. The van der Waals surface area contributed by atoms with Crippen molar-refractivity contribution in [2.75, 3.05) is 31.6 Å². The molecule has 3 N–H and O–H groups in total. The topological polar surface area (TPSA) is 89.9 Å². The summed E-state index contributed by atoms with van der Waals surface area (Å²) in [6.45, 7) is 4.74. The molecule has 0 aromatic heterocycles. The second-order valence-corrected chi connectivity index (χ2v) is 8.32. The highest BCUT2D eigenvalue weighted by atomic mass is 35.5. The fourth-order valence-corrected chi connectivity index (χ4v) is 3.99. The standard InChI is InChI=1S/C17H29ClN2O4S/c1-3-5-9-20(10-6-4-2)25(23,24)15-7-8-16(18)17(11-15)19-12-14(22)13-21/h7-8,11,14,19,21-22H,3-6,9-10,12-13H2,1-2H3. The van der Waals surface area contributed by atoms with Crippen LogP contribution in [-0.2, 0) is 10.0 Å². The van der Waals surface area contributed by atoms with Gasteiger partial charge in [-0.15, -0.1) is 0 Å². The molecule has 0 aliphatic carbocycles. The summed E-state index contributed by atoms with van der Waals surface area (Å²) >= 11 is 6.10. The zero-order valence-corrected chi connectivity index (χ0v) is 16.5. The smallest absolute Gasteiger partial charge is 0.243 e. The van der Waals surface area contributed by atoms with Crippen LogP contribution in [0.25, 0.3) is 0 Å². The van der Waals surface area contributed by atoms with Crippen LogP contribution in [0.15, 0.2) is 23.1 Å². The Morgan fingerprint density at radius 1 is 1.20 bits per heavy atom. The van der Waals surface area contributed by atoms with Gasteiger partial charge < -0.3 is 15.5 Å². The Hall–Kier alpha value is -0.860. The average molecular weight is 393 g/mol. The molecular formula is C17H29ClN2O4S. The summed E-state index contributed by atoms with van der Waals surface area (Å²) in [6.07, 6.45) is 2.52. The first kappa shape index (κ1) is 22.2. The maximum absolute atomic E-state index is 13.0. The summed E-state index contributed by atoms with van der Waals surface area (Å²) in [5, 5.41) is 21.6. The third-order valence-corrected chi connectivity index (χ3v) is 6.06. The van der Waals surface area contributed by atoms with Crippen LogP contribution in [0.1, 0.15) is 39.5 Å². The zero-order chi connectivity index (χ0) is 18.9. The number of rotatable bonds is 12. The number of aliphatic hydroxyl groups excluding tert-OH is 2. The van der Waals surface area contributed by atoms with E-state index in [1.807, 2.05) is 13.8 Å². The van der Waals surface area contributed by atoms with E-state index in [4.69, 9.17) is 16.7 Å². The molecule has 0 saturated carbocycles. The van der Waals surface area contributed by atoms with Gasteiger partial charge in [-0.3, -0.25) is 0 Å². The molecule has 0 aliphatic rings. The normalized spacial score (nSPS) is 13.2. The van der Waals surface area contributed by atoms with Crippen LogP contribution < -0.4 is 5.32 Å². The Bertz CT molecular complexity index is 617. The lowest BCUT2D eigenvalue weighted by molar-refractivity contribution is 0.105. The fraction of sp³-hybridized carbons (Fsp3) is 0.647. The molecule has 6 nitrogen and oxygen atoms in total. The van der Waals surface area contributed by atoms with E-state index in [1.54, 1.807) is 0 Å². The minimum atomic E-state index is -3.61. The maximum Gasteiger partial charge on any atom is 0.243 e. The van der Waals surface area contributed by atoms with Crippen LogP contribution >= 0.6 is 11.6 Å². The first-order valence-corrected chi connectivity index (χ1v) is 10.5. The summed E-state index contributed by atoms with van der Waals surface area (Å²) in [7, 11) is -3.61. The highest BCUT2D eigenvalue weighted by Crippen LogP contribution is 2.27. The van der Waals surface area contributed by atoms with Crippen LogP contribution in [0.3, 0.4) is 0 Å². The molecule has 8 heteroatoms. The zero-order valence-electron chi connectivity index (χ0n) is 14.9. The van der Waals surface area contributed by atoms with Crippen molar-refractivity contribution in [2.24, 2.45) is 0 Å². The Kier molecular flexibility index (Phi) is 9.74. The highest BCUT2D eigenvalue weighted by molar-refractivity contribution is 7.89. The van der Waals surface area contributed by atoms with Gasteiger partial charge in [0.1, 0.15) is 0 Å². The molecule has 0 heterocycles.